The van der Waals surface area contributed by atoms with Crippen LogP contribution < -0.4 is 31.3 Å². The third-order valence-electron chi connectivity index (χ3n) is 11.0. The van der Waals surface area contributed by atoms with Crippen molar-refractivity contribution < 1.29 is 65.7 Å². The Bertz CT molecular complexity index is 2830. The maximum absolute atomic E-state index is 13.3. The maximum atomic E-state index is 13.3. The summed E-state index contributed by atoms with van der Waals surface area (Å²) in [6, 6.07) is 14.8. The van der Waals surface area contributed by atoms with Gasteiger partial charge in [0.1, 0.15) is 28.9 Å². The highest BCUT2D eigenvalue weighted by Gasteiger charge is 2.45. The first kappa shape index (κ1) is 53.0. The summed E-state index contributed by atoms with van der Waals surface area (Å²) in [5.74, 6) is -2.62. The Morgan fingerprint density at radius 2 is 1.55 bits per heavy atom. The molecular formula is C48H48ClF3N10O11. The largest absolute Gasteiger partial charge is 0.457 e. The molecule has 4 heterocycles. The molecule has 384 valence electrons. The molecule has 21 nitrogen and oxygen atoms in total. The average Bonchev–Trinajstić information content (AvgIpc) is 3.92. The van der Waals surface area contributed by atoms with E-state index in [-0.39, 0.29) is 79.7 Å². The molecular weight excluding hydrogens is 985 g/mol. The fourth-order valence-electron chi connectivity index (χ4n) is 7.48. The first-order chi connectivity index (χ1) is 35.1. The van der Waals surface area contributed by atoms with Crippen molar-refractivity contribution in [2.75, 3.05) is 55.5 Å². The quantitative estimate of drug-likeness (QED) is 0.0333. The summed E-state index contributed by atoms with van der Waals surface area (Å²) in [5.41, 5.74) is 0.183. The number of nitrogens with one attached hydrogen (secondary N) is 5. The zero-order valence-corrected chi connectivity index (χ0v) is 39.6. The molecule has 3 aromatic carbocycles. The Morgan fingerprint density at radius 1 is 0.808 bits per heavy atom. The Labute approximate surface area is 419 Å². The lowest BCUT2D eigenvalue weighted by atomic mass is 10.0. The molecule has 0 aliphatic carbocycles. The molecule has 1 atom stereocenters. The zero-order valence-electron chi connectivity index (χ0n) is 38.8. The summed E-state index contributed by atoms with van der Waals surface area (Å²) in [5, 5.41) is 20.2. The number of hydrogen-bond acceptors (Lipinski definition) is 14. The van der Waals surface area contributed by atoms with E-state index in [1.807, 2.05) is 0 Å². The van der Waals surface area contributed by atoms with E-state index in [0.29, 0.717) is 62.1 Å². The number of rotatable bonds is 24. The molecule has 1 unspecified atom stereocenters. The van der Waals surface area contributed by atoms with Gasteiger partial charge in [0.2, 0.25) is 17.7 Å². The Balaban J connectivity index is 0.693. The van der Waals surface area contributed by atoms with Gasteiger partial charge in [-0.3, -0.25) is 48.6 Å². The Kier molecular flexibility index (Phi) is 18.2. The highest BCUT2D eigenvalue weighted by atomic mass is 35.5. The molecule has 8 amide bonds. The first-order valence-electron chi connectivity index (χ1n) is 22.9. The number of aryl methyl sites for hydroxylation is 1. The number of ether oxygens (including phenoxy) is 4. The number of unbranched alkanes of at least 4 members (excludes halogenated alkanes) is 2. The predicted molar refractivity (Wildman–Crippen MR) is 254 cm³/mol. The van der Waals surface area contributed by atoms with Gasteiger partial charge in [-0.25, -0.2) is 4.79 Å². The summed E-state index contributed by atoms with van der Waals surface area (Å²) in [7, 11) is 0. The first-order valence-corrected chi connectivity index (χ1v) is 23.2. The number of urea groups is 1. The normalized spacial score (nSPS) is 14.4. The van der Waals surface area contributed by atoms with Crippen LogP contribution in [0.4, 0.5) is 35.0 Å². The standard InChI is InChI=1S/C48H48ClF3N10O11/c49-36-13-10-30(25-35(36)48(50,51)52)56-47(69)55-29-8-11-32(12-9-29)73-33-16-17-53-38(26-33)43(65)54-18-20-70-21-22-71-23-24-72-28-31-27-61(60-59-31)19-3-1-2-7-40(63)57-37-6-4-5-34-42(37)46(68)62(45(34)67)39-14-15-41(64)58-44(39)66/h4-6,8-13,16-17,25-27,39H,1-3,7,14-15,18-24,28H2,(H,54,65)(H,57,63)(H2,55,56,69)(H,58,64,66). The lowest BCUT2D eigenvalue weighted by Gasteiger charge is -2.27. The van der Waals surface area contributed by atoms with Gasteiger partial charge in [0.15, 0.2) is 0 Å². The van der Waals surface area contributed by atoms with E-state index in [0.717, 1.165) is 23.5 Å². The second kappa shape index (κ2) is 25.0. The van der Waals surface area contributed by atoms with Crippen molar-refractivity contribution >= 4 is 70.1 Å². The molecule has 1 saturated heterocycles. The number of halogens is 4. The van der Waals surface area contributed by atoms with E-state index in [1.165, 1.54) is 42.6 Å². The Morgan fingerprint density at radius 3 is 2.32 bits per heavy atom. The molecule has 2 aliphatic heterocycles. The maximum Gasteiger partial charge on any atom is 0.417 e. The van der Waals surface area contributed by atoms with Crippen molar-refractivity contribution in [3.05, 3.63) is 118 Å². The van der Waals surface area contributed by atoms with Gasteiger partial charge in [0.05, 0.1) is 73.2 Å². The van der Waals surface area contributed by atoms with E-state index in [9.17, 15) is 46.7 Å². The van der Waals surface area contributed by atoms with E-state index >= 15 is 0 Å². The summed E-state index contributed by atoms with van der Waals surface area (Å²) in [6.45, 7) is 2.44. The highest BCUT2D eigenvalue weighted by molar-refractivity contribution is 6.31. The van der Waals surface area contributed by atoms with Gasteiger partial charge in [-0.05, 0) is 79.9 Å². The van der Waals surface area contributed by atoms with Gasteiger partial charge < -0.3 is 40.2 Å². The number of piperidine rings is 1. The van der Waals surface area contributed by atoms with Gasteiger partial charge in [-0.1, -0.05) is 29.3 Å². The van der Waals surface area contributed by atoms with Crippen molar-refractivity contribution in [1.82, 2.24) is 35.5 Å². The van der Waals surface area contributed by atoms with E-state index in [1.54, 1.807) is 35.1 Å². The molecule has 0 radical (unpaired) electrons. The van der Waals surface area contributed by atoms with Crippen LogP contribution in [0.25, 0.3) is 0 Å². The lowest BCUT2D eigenvalue weighted by molar-refractivity contribution is -0.138. The minimum atomic E-state index is -4.69. The molecule has 25 heteroatoms. The van der Waals surface area contributed by atoms with Crippen LogP contribution in [0, 0.1) is 0 Å². The van der Waals surface area contributed by atoms with Gasteiger partial charge in [0.25, 0.3) is 17.7 Å². The van der Waals surface area contributed by atoms with E-state index < -0.39 is 58.4 Å². The third-order valence-corrected chi connectivity index (χ3v) is 11.3. The number of nitrogens with zero attached hydrogens (tertiary/aromatic N) is 5. The van der Waals surface area contributed by atoms with Crippen molar-refractivity contribution in [3.63, 3.8) is 0 Å². The van der Waals surface area contributed by atoms with Crippen molar-refractivity contribution in [1.29, 1.82) is 0 Å². The minimum Gasteiger partial charge on any atom is -0.457 e. The number of aromatic nitrogens is 4. The van der Waals surface area contributed by atoms with Gasteiger partial charge in [-0.2, -0.15) is 13.2 Å². The van der Waals surface area contributed by atoms with Gasteiger partial charge in [0, 0.05) is 49.6 Å². The van der Waals surface area contributed by atoms with Crippen molar-refractivity contribution in [2.24, 2.45) is 0 Å². The average molecular weight is 1030 g/mol. The van der Waals surface area contributed by atoms with Gasteiger partial charge in [-0.15, -0.1) is 5.10 Å². The number of hydrogen-bond donors (Lipinski definition) is 5. The summed E-state index contributed by atoms with van der Waals surface area (Å²) < 4.78 is 63.7. The number of imide groups is 2. The van der Waals surface area contributed by atoms with Crippen LogP contribution in [0.1, 0.15) is 81.0 Å². The number of alkyl halides is 3. The smallest absolute Gasteiger partial charge is 0.417 e. The predicted octanol–water partition coefficient (Wildman–Crippen LogP) is 6.36. The number of carbonyl (C=O) groups excluding carboxylic acids is 7. The van der Waals surface area contributed by atoms with E-state index in [4.69, 9.17) is 30.5 Å². The molecule has 7 rings (SSSR count). The molecule has 5 N–H and O–H groups in total. The van der Waals surface area contributed by atoms with Gasteiger partial charge >= 0.3 is 12.2 Å². The van der Waals surface area contributed by atoms with Crippen LogP contribution in [-0.2, 0) is 47.9 Å². The lowest BCUT2D eigenvalue weighted by Crippen LogP contribution is -2.54. The van der Waals surface area contributed by atoms with Crippen molar-refractivity contribution in [2.45, 2.75) is 63.9 Å². The van der Waals surface area contributed by atoms with Crippen LogP contribution in [0.2, 0.25) is 5.02 Å². The minimum absolute atomic E-state index is 0.00281. The number of anilines is 3. The number of amides is 8. The summed E-state index contributed by atoms with van der Waals surface area (Å²) >= 11 is 5.64. The van der Waals surface area contributed by atoms with Crippen LogP contribution >= 0.6 is 11.6 Å². The van der Waals surface area contributed by atoms with Crippen LogP contribution in [-0.4, -0.2) is 112 Å². The molecule has 2 aliphatic rings. The monoisotopic (exact) mass is 1030 g/mol. The second-order valence-corrected chi connectivity index (χ2v) is 16.7. The SMILES string of the molecule is O=C1CCC(N2C(=O)c3cccc(NC(=O)CCCCCn4cc(COCCOCCOCCNC(=O)c5cc(Oc6ccc(NC(=O)Nc7ccc(Cl)c(C(F)(F)F)c7)cc6)ccn5)nn4)c3C2=O)C(=O)N1. The Hall–Kier alpha value is -7.80. The van der Waals surface area contributed by atoms with E-state index in [2.05, 4.69) is 41.9 Å². The molecule has 1 fully saturated rings. The summed E-state index contributed by atoms with van der Waals surface area (Å²) in [6.07, 6.45) is 0.687. The molecule has 0 spiro atoms. The molecule has 0 saturated carbocycles. The fourth-order valence-corrected chi connectivity index (χ4v) is 7.71. The topological polar surface area (TPSA) is 263 Å². The van der Waals surface area contributed by atoms with Crippen LogP contribution in [0.5, 0.6) is 11.5 Å². The summed E-state index contributed by atoms with van der Waals surface area (Å²) in [4.78, 5) is 93.1. The van der Waals surface area contributed by atoms with Crippen LogP contribution in [0.15, 0.2) is 85.2 Å². The molecule has 73 heavy (non-hydrogen) atoms. The third kappa shape index (κ3) is 14.9. The fraction of sp³-hybridized carbons (Fsp3) is 0.333. The molecule has 2 aromatic heterocycles. The number of fused-ring (bicyclic) bond motifs is 1. The van der Waals surface area contributed by atoms with Crippen molar-refractivity contribution in [3.8, 4) is 11.5 Å². The zero-order chi connectivity index (χ0) is 51.9. The number of benzene rings is 3. The number of carbonyl (C=O) groups is 7. The second-order valence-electron chi connectivity index (χ2n) is 16.3. The highest BCUT2D eigenvalue weighted by Crippen LogP contribution is 2.37. The number of pyridine rings is 1. The van der Waals surface area contributed by atoms with Crippen LogP contribution in [0.3, 0.4) is 0 Å². The molecule has 0 bridgehead atoms. The molecule has 5 aromatic rings.